The molecule has 18 heavy (non-hydrogen) atoms. The Bertz CT molecular complexity index is 485. The van der Waals surface area contributed by atoms with Crippen molar-refractivity contribution in [2.24, 2.45) is 5.92 Å². The predicted octanol–water partition coefficient (Wildman–Crippen LogP) is 3.35. The molecule has 2 rings (SSSR count). The number of aromatic nitrogens is 2. The number of nitrogens with zero attached hydrogens (tertiary/aromatic N) is 2. The average molecular weight is 244 g/mol. The Balaban J connectivity index is 1.97. The van der Waals surface area contributed by atoms with Gasteiger partial charge in [-0.1, -0.05) is 26.0 Å². The molecule has 0 aliphatic rings. The fourth-order valence-electron chi connectivity index (χ4n) is 1.74. The number of aryl methyl sites for hydroxylation is 1. The van der Waals surface area contributed by atoms with Crippen molar-refractivity contribution < 1.29 is 4.74 Å². The van der Waals surface area contributed by atoms with Crippen LogP contribution in [0, 0.1) is 12.8 Å². The molecule has 0 fully saturated rings. The molecule has 2 aromatic rings. The van der Waals surface area contributed by atoms with Gasteiger partial charge in [-0.05, 0) is 30.5 Å². The first-order valence-electron chi connectivity index (χ1n) is 6.33. The topological polar surface area (TPSA) is 27.1 Å². The number of hydrogen-bond donors (Lipinski definition) is 0. The Labute approximate surface area is 108 Å². The fourth-order valence-corrected chi connectivity index (χ4v) is 1.74. The van der Waals surface area contributed by atoms with Gasteiger partial charge < -0.3 is 9.30 Å². The van der Waals surface area contributed by atoms with Crippen molar-refractivity contribution >= 4 is 0 Å². The van der Waals surface area contributed by atoms with Crippen LogP contribution in [-0.4, -0.2) is 16.2 Å². The largest absolute Gasteiger partial charge is 0.377 e. The highest BCUT2D eigenvalue weighted by molar-refractivity contribution is 5.34. The maximum absolute atomic E-state index is 5.61. The lowest BCUT2D eigenvalue weighted by Crippen LogP contribution is -2.02. The van der Waals surface area contributed by atoms with Crippen LogP contribution >= 0.6 is 0 Å². The van der Waals surface area contributed by atoms with Crippen LogP contribution in [0.15, 0.2) is 36.8 Å². The van der Waals surface area contributed by atoms with Crippen molar-refractivity contribution in [3.63, 3.8) is 0 Å². The van der Waals surface area contributed by atoms with E-state index in [-0.39, 0.29) is 0 Å². The maximum Gasteiger partial charge on any atom is 0.0995 e. The molecule has 0 amide bonds. The molecule has 3 heteroatoms. The van der Waals surface area contributed by atoms with Crippen molar-refractivity contribution in [3.8, 4) is 5.69 Å². The summed E-state index contributed by atoms with van der Waals surface area (Å²) in [6, 6.07) is 8.39. The molecule has 0 bridgehead atoms. The molecule has 0 radical (unpaired) electrons. The molecule has 0 aliphatic carbocycles. The summed E-state index contributed by atoms with van der Waals surface area (Å²) in [5.41, 5.74) is 3.36. The zero-order valence-corrected chi connectivity index (χ0v) is 11.3. The summed E-state index contributed by atoms with van der Waals surface area (Å²) in [6.45, 7) is 7.80. The van der Waals surface area contributed by atoms with Crippen LogP contribution in [0.1, 0.15) is 25.1 Å². The summed E-state index contributed by atoms with van der Waals surface area (Å²) in [5.74, 6) is 0.582. The first-order chi connectivity index (χ1) is 8.65. The SMILES string of the molecule is Cc1cn(-c2ccc(COCC(C)C)cc2)cn1. The summed E-state index contributed by atoms with van der Waals surface area (Å²) in [4.78, 5) is 4.22. The van der Waals surface area contributed by atoms with Gasteiger partial charge in [-0.25, -0.2) is 4.98 Å². The summed E-state index contributed by atoms with van der Waals surface area (Å²) >= 11 is 0. The van der Waals surface area contributed by atoms with E-state index in [9.17, 15) is 0 Å². The second-order valence-electron chi connectivity index (χ2n) is 5.00. The standard InChI is InChI=1S/C15H20N2O/c1-12(2)9-18-10-14-4-6-15(7-5-14)17-8-13(3)16-11-17/h4-8,11-12H,9-10H2,1-3H3. The molecule has 0 atom stereocenters. The van der Waals surface area contributed by atoms with E-state index in [1.54, 1.807) is 0 Å². The minimum Gasteiger partial charge on any atom is -0.377 e. The second-order valence-corrected chi connectivity index (χ2v) is 5.00. The van der Waals surface area contributed by atoms with E-state index < -0.39 is 0 Å². The highest BCUT2D eigenvalue weighted by atomic mass is 16.5. The molecular weight excluding hydrogens is 224 g/mol. The van der Waals surface area contributed by atoms with E-state index in [4.69, 9.17) is 4.74 Å². The lowest BCUT2D eigenvalue weighted by Gasteiger charge is -2.08. The third-order valence-electron chi connectivity index (χ3n) is 2.67. The molecule has 96 valence electrons. The van der Waals surface area contributed by atoms with Crippen LogP contribution in [0.5, 0.6) is 0 Å². The Kier molecular flexibility index (Phi) is 4.15. The van der Waals surface area contributed by atoms with E-state index in [1.165, 1.54) is 5.56 Å². The molecule has 1 aromatic heterocycles. The second kappa shape index (κ2) is 5.83. The van der Waals surface area contributed by atoms with Crippen LogP contribution in [-0.2, 0) is 11.3 Å². The Morgan fingerprint density at radius 3 is 2.50 bits per heavy atom. The number of hydrogen-bond acceptors (Lipinski definition) is 2. The van der Waals surface area contributed by atoms with Crippen molar-refractivity contribution in [1.82, 2.24) is 9.55 Å². The molecule has 0 N–H and O–H groups in total. The molecule has 0 saturated carbocycles. The summed E-state index contributed by atoms with van der Waals surface area (Å²) in [5, 5.41) is 0. The molecule has 1 heterocycles. The van der Waals surface area contributed by atoms with Gasteiger partial charge >= 0.3 is 0 Å². The zero-order valence-electron chi connectivity index (χ0n) is 11.3. The van der Waals surface area contributed by atoms with Crippen LogP contribution in [0.2, 0.25) is 0 Å². The number of ether oxygens (including phenoxy) is 1. The highest BCUT2D eigenvalue weighted by Gasteiger charge is 1.99. The van der Waals surface area contributed by atoms with Gasteiger partial charge in [-0.15, -0.1) is 0 Å². The smallest absolute Gasteiger partial charge is 0.0995 e. The third-order valence-corrected chi connectivity index (χ3v) is 2.67. The summed E-state index contributed by atoms with van der Waals surface area (Å²) < 4.78 is 7.63. The average Bonchev–Trinajstić information content (AvgIpc) is 2.76. The van der Waals surface area contributed by atoms with Gasteiger partial charge in [0.1, 0.15) is 0 Å². The van der Waals surface area contributed by atoms with Crippen molar-refractivity contribution in [2.45, 2.75) is 27.4 Å². The van der Waals surface area contributed by atoms with Crippen molar-refractivity contribution in [1.29, 1.82) is 0 Å². The van der Waals surface area contributed by atoms with Crippen LogP contribution in [0.3, 0.4) is 0 Å². The van der Waals surface area contributed by atoms with Gasteiger partial charge in [0.25, 0.3) is 0 Å². The molecule has 1 aromatic carbocycles. The quantitative estimate of drug-likeness (QED) is 0.806. The van der Waals surface area contributed by atoms with Crippen LogP contribution in [0.4, 0.5) is 0 Å². The van der Waals surface area contributed by atoms with E-state index in [0.29, 0.717) is 12.5 Å². The predicted molar refractivity (Wildman–Crippen MR) is 72.8 cm³/mol. The zero-order chi connectivity index (χ0) is 13.0. The van der Waals surface area contributed by atoms with Crippen molar-refractivity contribution in [3.05, 3.63) is 48.0 Å². The molecular formula is C15H20N2O. The van der Waals surface area contributed by atoms with Gasteiger partial charge in [0.15, 0.2) is 0 Å². The Hall–Kier alpha value is -1.61. The minimum atomic E-state index is 0.582. The number of imidazole rings is 1. The molecule has 0 spiro atoms. The first-order valence-corrected chi connectivity index (χ1v) is 6.33. The molecule has 0 aliphatic heterocycles. The Morgan fingerprint density at radius 1 is 1.22 bits per heavy atom. The fraction of sp³-hybridized carbons (Fsp3) is 0.400. The van der Waals surface area contributed by atoms with Gasteiger partial charge in [0.2, 0.25) is 0 Å². The highest BCUT2D eigenvalue weighted by Crippen LogP contribution is 2.11. The normalized spacial score (nSPS) is 11.1. The Morgan fingerprint density at radius 2 is 1.94 bits per heavy atom. The summed E-state index contributed by atoms with van der Waals surface area (Å²) in [6.07, 6.45) is 3.85. The van der Waals surface area contributed by atoms with Crippen molar-refractivity contribution in [2.75, 3.05) is 6.61 Å². The van der Waals surface area contributed by atoms with Crippen LogP contribution < -0.4 is 0 Å². The number of rotatable bonds is 5. The summed E-state index contributed by atoms with van der Waals surface area (Å²) in [7, 11) is 0. The monoisotopic (exact) mass is 244 g/mol. The molecule has 0 saturated heterocycles. The van der Waals surface area contributed by atoms with E-state index in [1.807, 2.05) is 24.0 Å². The van der Waals surface area contributed by atoms with Crippen LogP contribution in [0.25, 0.3) is 5.69 Å². The minimum absolute atomic E-state index is 0.582. The first kappa shape index (κ1) is 12.8. The lowest BCUT2D eigenvalue weighted by atomic mass is 10.2. The van der Waals surface area contributed by atoms with Gasteiger partial charge in [0.05, 0.1) is 18.6 Å². The number of benzene rings is 1. The van der Waals surface area contributed by atoms with Gasteiger partial charge in [-0.3, -0.25) is 0 Å². The van der Waals surface area contributed by atoms with E-state index in [0.717, 1.165) is 18.0 Å². The maximum atomic E-state index is 5.61. The molecule has 0 unspecified atom stereocenters. The van der Waals surface area contributed by atoms with E-state index in [2.05, 4.69) is 43.1 Å². The van der Waals surface area contributed by atoms with E-state index >= 15 is 0 Å². The molecule has 3 nitrogen and oxygen atoms in total. The van der Waals surface area contributed by atoms with Gasteiger partial charge in [0, 0.05) is 18.5 Å². The lowest BCUT2D eigenvalue weighted by molar-refractivity contribution is 0.0971. The van der Waals surface area contributed by atoms with Gasteiger partial charge in [-0.2, -0.15) is 0 Å². The third kappa shape index (κ3) is 3.44.